The van der Waals surface area contributed by atoms with Gasteiger partial charge in [0.1, 0.15) is 6.04 Å². The predicted molar refractivity (Wildman–Crippen MR) is 91.6 cm³/mol. The molecule has 0 saturated carbocycles. The lowest BCUT2D eigenvalue weighted by molar-refractivity contribution is -0.119. The molecule has 0 aliphatic carbocycles. The normalized spacial score (nSPS) is 17.7. The molecule has 0 unspecified atom stereocenters. The van der Waals surface area contributed by atoms with Gasteiger partial charge in [0.2, 0.25) is 5.91 Å². The fourth-order valence-electron chi connectivity index (χ4n) is 2.77. The maximum atomic E-state index is 12.5. The van der Waals surface area contributed by atoms with Crippen molar-refractivity contribution >= 4 is 39.2 Å². The van der Waals surface area contributed by atoms with Crippen molar-refractivity contribution in [3.63, 3.8) is 0 Å². The number of fused-ring (bicyclic) bond motifs is 1. The summed E-state index contributed by atoms with van der Waals surface area (Å²) >= 11 is 1.57. The molecule has 2 heterocycles. The Hall–Kier alpha value is -2.15. The number of amides is 3. The smallest absolute Gasteiger partial charge is 0.318 e. The first-order valence-corrected chi connectivity index (χ1v) is 8.64. The van der Waals surface area contributed by atoms with Crippen LogP contribution in [0.1, 0.15) is 26.7 Å². The molecule has 3 rings (SSSR count). The van der Waals surface area contributed by atoms with Crippen molar-refractivity contribution in [2.75, 3.05) is 11.9 Å². The molecular formula is C16H20N4O2S. The van der Waals surface area contributed by atoms with Crippen LogP contribution in [0.15, 0.2) is 23.7 Å². The Morgan fingerprint density at radius 3 is 3.00 bits per heavy atom. The SMILES string of the molecule is CC(C)NC(=O)N1CCC[C@H]1C(=O)Nc1ccc2scnc2c1. The zero-order valence-corrected chi connectivity index (χ0v) is 14.0. The van der Waals surface area contributed by atoms with Gasteiger partial charge in [-0.25, -0.2) is 9.78 Å². The fraction of sp³-hybridized carbons (Fsp3) is 0.438. The maximum absolute atomic E-state index is 12.5. The molecule has 23 heavy (non-hydrogen) atoms. The first-order valence-electron chi connectivity index (χ1n) is 7.76. The van der Waals surface area contributed by atoms with Crippen LogP contribution in [0.4, 0.5) is 10.5 Å². The van der Waals surface area contributed by atoms with Gasteiger partial charge in [0.05, 0.1) is 15.7 Å². The van der Waals surface area contributed by atoms with E-state index < -0.39 is 6.04 Å². The van der Waals surface area contributed by atoms with Crippen molar-refractivity contribution in [1.29, 1.82) is 0 Å². The van der Waals surface area contributed by atoms with Gasteiger partial charge < -0.3 is 15.5 Å². The van der Waals surface area contributed by atoms with E-state index in [0.29, 0.717) is 18.7 Å². The number of anilines is 1. The van der Waals surface area contributed by atoms with E-state index in [9.17, 15) is 9.59 Å². The minimum absolute atomic E-state index is 0.0545. The number of carbonyl (C=O) groups is 2. The van der Waals surface area contributed by atoms with E-state index in [0.717, 1.165) is 16.6 Å². The molecular weight excluding hydrogens is 312 g/mol. The van der Waals surface area contributed by atoms with E-state index >= 15 is 0 Å². The van der Waals surface area contributed by atoms with Crippen LogP contribution in [0.2, 0.25) is 0 Å². The quantitative estimate of drug-likeness (QED) is 0.907. The van der Waals surface area contributed by atoms with Crippen molar-refractivity contribution in [3.05, 3.63) is 23.7 Å². The zero-order valence-electron chi connectivity index (χ0n) is 13.2. The van der Waals surface area contributed by atoms with Crippen LogP contribution in [0.25, 0.3) is 10.2 Å². The molecule has 1 aliphatic heterocycles. The third-order valence-electron chi connectivity index (χ3n) is 3.83. The highest BCUT2D eigenvalue weighted by Gasteiger charge is 2.34. The highest BCUT2D eigenvalue weighted by Crippen LogP contribution is 2.23. The number of urea groups is 1. The molecule has 122 valence electrons. The average Bonchev–Trinajstić information content (AvgIpc) is 3.15. The zero-order chi connectivity index (χ0) is 16.4. The maximum Gasteiger partial charge on any atom is 0.318 e. The Bertz CT molecular complexity index is 728. The Morgan fingerprint density at radius 2 is 2.22 bits per heavy atom. The van der Waals surface area contributed by atoms with E-state index in [1.54, 1.807) is 21.7 Å². The van der Waals surface area contributed by atoms with Crippen LogP contribution in [-0.4, -0.2) is 40.5 Å². The third kappa shape index (κ3) is 3.44. The van der Waals surface area contributed by atoms with Crippen LogP contribution in [0.5, 0.6) is 0 Å². The highest BCUT2D eigenvalue weighted by atomic mass is 32.1. The van der Waals surface area contributed by atoms with E-state index in [2.05, 4.69) is 15.6 Å². The number of nitrogens with zero attached hydrogens (tertiary/aromatic N) is 2. The van der Waals surface area contributed by atoms with Crippen LogP contribution < -0.4 is 10.6 Å². The van der Waals surface area contributed by atoms with Gasteiger partial charge in [-0.1, -0.05) is 0 Å². The molecule has 1 atom stereocenters. The van der Waals surface area contributed by atoms with Gasteiger partial charge in [-0.05, 0) is 44.9 Å². The predicted octanol–water partition coefficient (Wildman–Crippen LogP) is 2.82. The van der Waals surface area contributed by atoms with Gasteiger partial charge in [0, 0.05) is 18.3 Å². The Kier molecular flexibility index (Phi) is 4.47. The molecule has 2 N–H and O–H groups in total. The first kappa shape index (κ1) is 15.7. The number of likely N-dealkylation sites (tertiary alicyclic amines) is 1. The van der Waals surface area contributed by atoms with Crippen molar-refractivity contribution in [2.45, 2.75) is 38.8 Å². The van der Waals surface area contributed by atoms with Crippen LogP contribution in [0.3, 0.4) is 0 Å². The molecule has 1 fully saturated rings. The summed E-state index contributed by atoms with van der Waals surface area (Å²) < 4.78 is 1.09. The molecule has 0 spiro atoms. The molecule has 6 nitrogen and oxygen atoms in total. The number of thiazole rings is 1. The highest BCUT2D eigenvalue weighted by molar-refractivity contribution is 7.16. The van der Waals surface area contributed by atoms with E-state index in [-0.39, 0.29) is 18.0 Å². The van der Waals surface area contributed by atoms with Crippen LogP contribution in [0, 0.1) is 0 Å². The summed E-state index contributed by atoms with van der Waals surface area (Å²) in [7, 11) is 0. The van der Waals surface area contributed by atoms with Gasteiger partial charge in [-0.15, -0.1) is 11.3 Å². The number of rotatable bonds is 3. The number of carbonyl (C=O) groups excluding carboxylic acids is 2. The van der Waals surface area contributed by atoms with E-state index in [1.165, 1.54) is 0 Å². The molecule has 1 aromatic carbocycles. The number of hydrogen-bond donors (Lipinski definition) is 2. The Labute approximate surface area is 138 Å². The topological polar surface area (TPSA) is 74.3 Å². The van der Waals surface area contributed by atoms with Crippen molar-refractivity contribution in [3.8, 4) is 0 Å². The summed E-state index contributed by atoms with van der Waals surface area (Å²) in [5.41, 5.74) is 3.36. The second kappa shape index (κ2) is 6.54. The fourth-order valence-corrected chi connectivity index (χ4v) is 3.43. The van der Waals surface area contributed by atoms with Gasteiger partial charge in [0.15, 0.2) is 0 Å². The number of benzene rings is 1. The first-order chi connectivity index (χ1) is 11.0. The van der Waals surface area contributed by atoms with E-state index in [1.807, 2.05) is 32.0 Å². The Morgan fingerprint density at radius 1 is 1.39 bits per heavy atom. The van der Waals surface area contributed by atoms with Crippen molar-refractivity contribution in [1.82, 2.24) is 15.2 Å². The summed E-state index contributed by atoms with van der Waals surface area (Å²) in [5.74, 6) is -0.143. The Balaban J connectivity index is 1.70. The summed E-state index contributed by atoms with van der Waals surface area (Å²) in [5, 5.41) is 5.76. The standard InChI is InChI=1S/C16H20N4O2S/c1-10(2)18-16(22)20-7-3-4-13(20)15(21)19-11-5-6-14-12(8-11)17-9-23-14/h5-6,8-10,13H,3-4,7H2,1-2H3,(H,18,22)(H,19,21)/t13-/m0/s1. The van der Waals surface area contributed by atoms with Gasteiger partial charge >= 0.3 is 6.03 Å². The summed E-state index contributed by atoms with van der Waals surface area (Å²) in [4.78, 5) is 30.6. The second-order valence-corrected chi connectivity index (χ2v) is 6.87. The minimum Gasteiger partial charge on any atom is -0.336 e. The molecule has 1 saturated heterocycles. The summed E-state index contributed by atoms with van der Waals surface area (Å²) in [6.45, 7) is 4.43. The molecule has 3 amide bonds. The largest absolute Gasteiger partial charge is 0.336 e. The molecule has 1 aromatic heterocycles. The number of hydrogen-bond acceptors (Lipinski definition) is 4. The van der Waals surface area contributed by atoms with Gasteiger partial charge in [-0.3, -0.25) is 4.79 Å². The molecule has 1 aliphatic rings. The molecule has 2 aromatic rings. The lowest BCUT2D eigenvalue weighted by Gasteiger charge is -2.25. The van der Waals surface area contributed by atoms with Crippen LogP contribution >= 0.6 is 11.3 Å². The van der Waals surface area contributed by atoms with Crippen molar-refractivity contribution < 1.29 is 9.59 Å². The summed E-state index contributed by atoms with van der Waals surface area (Å²) in [6, 6.07) is 5.13. The third-order valence-corrected chi connectivity index (χ3v) is 4.64. The summed E-state index contributed by atoms with van der Waals surface area (Å²) in [6.07, 6.45) is 1.53. The molecule has 0 radical (unpaired) electrons. The number of aromatic nitrogens is 1. The van der Waals surface area contributed by atoms with Gasteiger partial charge in [-0.2, -0.15) is 0 Å². The second-order valence-electron chi connectivity index (χ2n) is 5.98. The van der Waals surface area contributed by atoms with E-state index in [4.69, 9.17) is 0 Å². The monoisotopic (exact) mass is 332 g/mol. The van der Waals surface area contributed by atoms with Crippen molar-refractivity contribution in [2.24, 2.45) is 0 Å². The lowest BCUT2D eigenvalue weighted by atomic mass is 10.2. The average molecular weight is 332 g/mol. The minimum atomic E-state index is -0.417. The molecule has 7 heteroatoms. The molecule has 0 bridgehead atoms. The van der Waals surface area contributed by atoms with Gasteiger partial charge in [0.25, 0.3) is 0 Å². The number of nitrogens with one attached hydrogen (secondary N) is 2. The lowest BCUT2D eigenvalue weighted by Crippen LogP contribution is -2.49. The van der Waals surface area contributed by atoms with Crippen LogP contribution in [-0.2, 0) is 4.79 Å².